The Morgan fingerprint density at radius 2 is 1.80 bits per heavy atom. The molecule has 3 aromatic carbocycles. The van der Waals surface area contributed by atoms with Crippen LogP contribution in [-0.2, 0) is 13.2 Å². The number of nitrogens with one attached hydrogen (secondary N) is 1. The standard InChI is InChI=1S/C22H20Cl2N2O4/c1-2-29-21-11-15(13-25-17-7-5-8-18(12-17)26(27)28)10-20(24)22(21)30-14-16-6-3-4-9-19(16)23/h3-12,25H,2,13-14H2,1H3. The third-order valence-corrected chi connectivity index (χ3v) is 4.90. The van der Waals surface area contributed by atoms with E-state index in [0.717, 1.165) is 11.1 Å². The van der Waals surface area contributed by atoms with Gasteiger partial charge in [-0.15, -0.1) is 0 Å². The van der Waals surface area contributed by atoms with Crippen molar-refractivity contribution >= 4 is 34.6 Å². The third kappa shape index (κ3) is 5.55. The number of nitro groups is 1. The summed E-state index contributed by atoms with van der Waals surface area (Å²) in [5.41, 5.74) is 2.35. The lowest BCUT2D eigenvalue weighted by Gasteiger charge is -2.16. The molecule has 6 nitrogen and oxygen atoms in total. The molecule has 0 bridgehead atoms. The van der Waals surface area contributed by atoms with Gasteiger partial charge in [0.05, 0.1) is 16.6 Å². The van der Waals surface area contributed by atoms with Gasteiger partial charge in [-0.3, -0.25) is 10.1 Å². The zero-order valence-electron chi connectivity index (χ0n) is 16.2. The van der Waals surface area contributed by atoms with E-state index >= 15 is 0 Å². The normalized spacial score (nSPS) is 10.5. The molecule has 0 amide bonds. The maximum Gasteiger partial charge on any atom is 0.271 e. The predicted molar refractivity (Wildman–Crippen MR) is 119 cm³/mol. The van der Waals surface area contributed by atoms with E-state index in [4.69, 9.17) is 32.7 Å². The number of hydrogen-bond donors (Lipinski definition) is 1. The summed E-state index contributed by atoms with van der Waals surface area (Å²) in [6, 6.07) is 17.3. The molecule has 8 heteroatoms. The lowest BCUT2D eigenvalue weighted by Crippen LogP contribution is -2.04. The van der Waals surface area contributed by atoms with Crippen LogP contribution in [0.5, 0.6) is 11.5 Å². The van der Waals surface area contributed by atoms with Crippen LogP contribution in [0.1, 0.15) is 18.1 Å². The van der Waals surface area contributed by atoms with E-state index < -0.39 is 4.92 Å². The Kier molecular flexibility index (Phi) is 7.38. The molecule has 0 spiro atoms. The van der Waals surface area contributed by atoms with Gasteiger partial charge >= 0.3 is 0 Å². The Labute approximate surface area is 184 Å². The zero-order chi connectivity index (χ0) is 21.5. The van der Waals surface area contributed by atoms with E-state index in [-0.39, 0.29) is 12.3 Å². The Balaban J connectivity index is 1.76. The Morgan fingerprint density at radius 1 is 1.00 bits per heavy atom. The second-order valence-electron chi connectivity index (χ2n) is 6.38. The highest BCUT2D eigenvalue weighted by molar-refractivity contribution is 6.32. The van der Waals surface area contributed by atoms with Gasteiger partial charge < -0.3 is 14.8 Å². The van der Waals surface area contributed by atoms with Crippen LogP contribution in [0.4, 0.5) is 11.4 Å². The van der Waals surface area contributed by atoms with Crippen molar-refractivity contribution in [1.82, 2.24) is 0 Å². The van der Waals surface area contributed by atoms with E-state index in [2.05, 4.69) is 5.32 Å². The molecule has 0 radical (unpaired) electrons. The fourth-order valence-corrected chi connectivity index (χ4v) is 3.30. The summed E-state index contributed by atoms with van der Waals surface area (Å²) >= 11 is 12.7. The molecule has 3 rings (SSSR count). The molecule has 0 unspecified atom stereocenters. The van der Waals surface area contributed by atoms with E-state index in [1.165, 1.54) is 12.1 Å². The smallest absolute Gasteiger partial charge is 0.271 e. The highest BCUT2D eigenvalue weighted by Crippen LogP contribution is 2.38. The molecule has 0 saturated heterocycles. The summed E-state index contributed by atoms with van der Waals surface area (Å²) in [5.74, 6) is 0.963. The molecule has 30 heavy (non-hydrogen) atoms. The molecule has 0 atom stereocenters. The van der Waals surface area contributed by atoms with Crippen LogP contribution >= 0.6 is 23.2 Å². The van der Waals surface area contributed by atoms with Gasteiger partial charge in [0.1, 0.15) is 6.61 Å². The largest absolute Gasteiger partial charge is 0.490 e. The van der Waals surface area contributed by atoms with E-state index in [1.807, 2.05) is 31.2 Å². The number of anilines is 1. The highest BCUT2D eigenvalue weighted by atomic mass is 35.5. The van der Waals surface area contributed by atoms with Crippen molar-refractivity contribution in [2.45, 2.75) is 20.1 Å². The average Bonchev–Trinajstić information content (AvgIpc) is 2.73. The number of nitro benzene ring substituents is 1. The van der Waals surface area contributed by atoms with Crippen LogP contribution in [-0.4, -0.2) is 11.5 Å². The van der Waals surface area contributed by atoms with Crippen molar-refractivity contribution in [2.24, 2.45) is 0 Å². The first-order chi connectivity index (χ1) is 14.5. The van der Waals surface area contributed by atoms with Crippen LogP contribution in [0.2, 0.25) is 10.0 Å². The molecule has 0 aliphatic rings. The minimum atomic E-state index is -0.430. The number of benzene rings is 3. The van der Waals surface area contributed by atoms with Crippen LogP contribution in [0, 0.1) is 10.1 Å². The van der Waals surface area contributed by atoms with Crippen LogP contribution in [0.3, 0.4) is 0 Å². The second kappa shape index (κ2) is 10.2. The number of rotatable bonds is 9. The molecule has 3 aromatic rings. The number of hydrogen-bond acceptors (Lipinski definition) is 5. The Morgan fingerprint density at radius 3 is 2.53 bits per heavy atom. The van der Waals surface area contributed by atoms with Crippen molar-refractivity contribution in [2.75, 3.05) is 11.9 Å². The SMILES string of the molecule is CCOc1cc(CNc2cccc([N+](=O)[O-])c2)cc(Cl)c1OCc1ccccc1Cl. The average molecular weight is 447 g/mol. The maximum absolute atomic E-state index is 10.9. The van der Waals surface area contributed by atoms with Crippen molar-refractivity contribution in [3.05, 3.63) is 92.0 Å². The van der Waals surface area contributed by atoms with Crippen molar-refractivity contribution < 1.29 is 14.4 Å². The Bertz CT molecular complexity index is 1040. The molecule has 0 aliphatic heterocycles. The summed E-state index contributed by atoms with van der Waals surface area (Å²) in [6.07, 6.45) is 0. The fraction of sp³-hybridized carbons (Fsp3) is 0.182. The van der Waals surface area contributed by atoms with Gasteiger partial charge in [0, 0.05) is 35.0 Å². The lowest BCUT2D eigenvalue weighted by atomic mass is 10.2. The van der Waals surface area contributed by atoms with Gasteiger partial charge in [-0.2, -0.15) is 0 Å². The molecule has 0 fully saturated rings. The molecule has 0 aliphatic carbocycles. The molecular formula is C22H20Cl2N2O4. The molecule has 0 aromatic heterocycles. The van der Waals surface area contributed by atoms with Gasteiger partial charge in [-0.05, 0) is 36.8 Å². The maximum atomic E-state index is 10.9. The second-order valence-corrected chi connectivity index (χ2v) is 7.19. The number of nitrogens with zero attached hydrogens (tertiary/aromatic N) is 1. The van der Waals surface area contributed by atoms with Gasteiger partial charge in [-0.1, -0.05) is 47.5 Å². The predicted octanol–water partition coefficient (Wildman–Crippen LogP) is 6.49. The first-order valence-corrected chi connectivity index (χ1v) is 10.0. The van der Waals surface area contributed by atoms with Crippen molar-refractivity contribution in [1.29, 1.82) is 0 Å². The number of halogens is 2. The molecule has 0 heterocycles. The zero-order valence-corrected chi connectivity index (χ0v) is 17.7. The number of non-ortho nitro benzene ring substituents is 1. The third-order valence-electron chi connectivity index (χ3n) is 4.25. The fourth-order valence-electron chi connectivity index (χ4n) is 2.83. The van der Waals surface area contributed by atoms with Gasteiger partial charge in [0.2, 0.25) is 0 Å². The van der Waals surface area contributed by atoms with Crippen LogP contribution in [0.15, 0.2) is 60.7 Å². The van der Waals surface area contributed by atoms with Gasteiger partial charge in [-0.25, -0.2) is 0 Å². The first-order valence-electron chi connectivity index (χ1n) is 9.27. The van der Waals surface area contributed by atoms with Crippen LogP contribution < -0.4 is 14.8 Å². The molecule has 1 N–H and O–H groups in total. The highest BCUT2D eigenvalue weighted by Gasteiger charge is 2.14. The summed E-state index contributed by atoms with van der Waals surface area (Å²) < 4.78 is 11.6. The first kappa shape index (κ1) is 21.7. The summed E-state index contributed by atoms with van der Waals surface area (Å²) in [4.78, 5) is 10.5. The Hall–Kier alpha value is -2.96. The van der Waals surface area contributed by atoms with E-state index in [1.54, 1.807) is 24.3 Å². The monoisotopic (exact) mass is 446 g/mol. The van der Waals surface area contributed by atoms with Crippen molar-refractivity contribution in [3.63, 3.8) is 0 Å². The molecule has 0 saturated carbocycles. The summed E-state index contributed by atoms with van der Waals surface area (Å²) in [5, 5.41) is 15.1. The van der Waals surface area contributed by atoms with E-state index in [0.29, 0.717) is 40.4 Å². The summed E-state index contributed by atoms with van der Waals surface area (Å²) in [6.45, 7) is 2.98. The topological polar surface area (TPSA) is 73.6 Å². The minimum Gasteiger partial charge on any atom is -0.490 e. The number of ether oxygens (including phenoxy) is 2. The molecular weight excluding hydrogens is 427 g/mol. The molecule has 156 valence electrons. The lowest BCUT2D eigenvalue weighted by molar-refractivity contribution is -0.384. The quantitative estimate of drug-likeness (QED) is 0.300. The minimum absolute atomic E-state index is 0.0244. The van der Waals surface area contributed by atoms with Gasteiger partial charge in [0.25, 0.3) is 5.69 Å². The van der Waals surface area contributed by atoms with E-state index in [9.17, 15) is 10.1 Å². The van der Waals surface area contributed by atoms with Crippen molar-refractivity contribution in [3.8, 4) is 11.5 Å². The summed E-state index contributed by atoms with van der Waals surface area (Å²) in [7, 11) is 0. The van der Waals surface area contributed by atoms with Gasteiger partial charge in [0.15, 0.2) is 11.5 Å². The van der Waals surface area contributed by atoms with Crippen LogP contribution in [0.25, 0.3) is 0 Å².